The third-order valence-corrected chi connectivity index (χ3v) is 4.48. The molecule has 8 nitrogen and oxygen atoms in total. The summed E-state index contributed by atoms with van der Waals surface area (Å²) < 4.78 is 20.4. The number of benzene rings is 1. The summed E-state index contributed by atoms with van der Waals surface area (Å²) in [5.74, 6) is 0.728. The summed E-state index contributed by atoms with van der Waals surface area (Å²) in [6.07, 6.45) is 4.82. The first-order chi connectivity index (χ1) is 13.7. The standard InChI is InChI=1S/C19H19FN6O2/c20-14-2-4-15(5-3-14)22-19(27)25-12-8-16(9-13-25)28-18-7-6-17(23-24-18)26-11-1-10-21-26/h1-7,10-11,16H,8-9,12-13H2,(H,22,27). The molecule has 1 aliphatic heterocycles. The molecule has 1 saturated heterocycles. The number of piperidine rings is 1. The van der Waals surface area contributed by atoms with E-state index in [1.165, 1.54) is 24.3 Å². The van der Waals surface area contributed by atoms with Crippen LogP contribution in [-0.4, -0.2) is 50.1 Å². The first kappa shape index (κ1) is 17.9. The molecule has 3 aromatic rings. The van der Waals surface area contributed by atoms with E-state index in [2.05, 4.69) is 20.6 Å². The van der Waals surface area contributed by atoms with E-state index in [4.69, 9.17) is 4.74 Å². The van der Waals surface area contributed by atoms with Crippen LogP contribution in [0.5, 0.6) is 5.88 Å². The first-order valence-corrected chi connectivity index (χ1v) is 8.99. The zero-order valence-electron chi connectivity index (χ0n) is 15.0. The fourth-order valence-electron chi connectivity index (χ4n) is 2.99. The number of carbonyl (C=O) groups excluding carboxylic acids is 1. The molecule has 0 spiro atoms. The van der Waals surface area contributed by atoms with E-state index in [0.29, 0.717) is 43.3 Å². The van der Waals surface area contributed by atoms with E-state index in [9.17, 15) is 9.18 Å². The minimum Gasteiger partial charge on any atom is -0.473 e. The summed E-state index contributed by atoms with van der Waals surface area (Å²) in [7, 11) is 0. The summed E-state index contributed by atoms with van der Waals surface area (Å²) >= 11 is 0. The molecule has 28 heavy (non-hydrogen) atoms. The van der Waals surface area contributed by atoms with Crippen molar-refractivity contribution in [3.05, 3.63) is 60.7 Å². The highest BCUT2D eigenvalue weighted by atomic mass is 19.1. The van der Waals surface area contributed by atoms with Gasteiger partial charge in [-0.3, -0.25) is 0 Å². The lowest BCUT2D eigenvalue weighted by molar-refractivity contribution is 0.110. The number of amides is 2. The van der Waals surface area contributed by atoms with Gasteiger partial charge in [0.1, 0.15) is 11.9 Å². The molecule has 4 rings (SSSR count). The van der Waals surface area contributed by atoms with Crippen LogP contribution >= 0.6 is 0 Å². The molecule has 1 aromatic carbocycles. The van der Waals surface area contributed by atoms with Gasteiger partial charge in [-0.1, -0.05) is 0 Å². The lowest BCUT2D eigenvalue weighted by Crippen LogP contribution is -2.43. The van der Waals surface area contributed by atoms with Gasteiger partial charge in [0, 0.05) is 50.1 Å². The number of ether oxygens (including phenoxy) is 1. The third-order valence-electron chi connectivity index (χ3n) is 4.48. The molecule has 0 bridgehead atoms. The van der Waals surface area contributed by atoms with E-state index in [-0.39, 0.29) is 18.0 Å². The van der Waals surface area contributed by atoms with Crippen molar-refractivity contribution in [3.8, 4) is 11.7 Å². The van der Waals surface area contributed by atoms with Crippen LogP contribution in [0.1, 0.15) is 12.8 Å². The topological polar surface area (TPSA) is 85.2 Å². The van der Waals surface area contributed by atoms with Gasteiger partial charge in [-0.05, 0) is 36.4 Å². The second-order valence-corrected chi connectivity index (χ2v) is 6.42. The van der Waals surface area contributed by atoms with Crippen LogP contribution in [0.15, 0.2) is 54.9 Å². The number of halogens is 1. The Labute approximate surface area is 160 Å². The van der Waals surface area contributed by atoms with E-state index in [0.717, 1.165) is 0 Å². The van der Waals surface area contributed by atoms with Crippen LogP contribution in [-0.2, 0) is 0 Å². The smallest absolute Gasteiger partial charge is 0.321 e. The van der Waals surface area contributed by atoms with Crippen molar-refractivity contribution in [1.82, 2.24) is 24.9 Å². The molecule has 2 amide bonds. The molecule has 2 aromatic heterocycles. The Bertz CT molecular complexity index is 907. The van der Waals surface area contributed by atoms with Crippen molar-refractivity contribution >= 4 is 11.7 Å². The largest absolute Gasteiger partial charge is 0.473 e. The minimum atomic E-state index is -0.336. The Morgan fingerprint density at radius 2 is 1.89 bits per heavy atom. The molecule has 1 fully saturated rings. The van der Waals surface area contributed by atoms with Crippen molar-refractivity contribution in [3.63, 3.8) is 0 Å². The molecule has 0 saturated carbocycles. The third kappa shape index (κ3) is 4.25. The lowest BCUT2D eigenvalue weighted by Gasteiger charge is -2.31. The summed E-state index contributed by atoms with van der Waals surface area (Å²) in [4.78, 5) is 14.0. The van der Waals surface area contributed by atoms with Crippen molar-refractivity contribution < 1.29 is 13.9 Å². The molecule has 3 heterocycles. The van der Waals surface area contributed by atoms with E-state index < -0.39 is 0 Å². The van der Waals surface area contributed by atoms with Crippen molar-refractivity contribution in [2.45, 2.75) is 18.9 Å². The second-order valence-electron chi connectivity index (χ2n) is 6.42. The Balaban J connectivity index is 1.27. The Morgan fingerprint density at radius 1 is 1.11 bits per heavy atom. The maximum Gasteiger partial charge on any atom is 0.321 e. The number of nitrogens with one attached hydrogen (secondary N) is 1. The van der Waals surface area contributed by atoms with E-state index in [1.807, 2.05) is 6.07 Å². The molecule has 0 unspecified atom stereocenters. The Morgan fingerprint density at radius 3 is 2.54 bits per heavy atom. The maximum atomic E-state index is 12.9. The van der Waals surface area contributed by atoms with Gasteiger partial charge in [0.2, 0.25) is 5.88 Å². The normalized spacial score (nSPS) is 14.7. The van der Waals surface area contributed by atoms with Gasteiger partial charge in [-0.2, -0.15) is 5.10 Å². The summed E-state index contributed by atoms with van der Waals surface area (Å²) in [5, 5.41) is 15.1. The molecule has 1 N–H and O–H groups in total. The van der Waals surface area contributed by atoms with E-state index >= 15 is 0 Å². The quantitative estimate of drug-likeness (QED) is 0.750. The minimum absolute atomic E-state index is 0.0280. The van der Waals surface area contributed by atoms with Gasteiger partial charge in [0.15, 0.2) is 5.82 Å². The molecular weight excluding hydrogens is 363 g/mol. The monoisotopic (exact) mass is 382 g/mol. The number of rotatable bonds is 4. The van der Waals surface area contributed by atoms with Crippen LogP contribution in [0.4, 0.5) is 14.9 Å². The van der Waals surface area contributed by atoms with Crippen LogP contribution in [0.2, 0.25) is 0 Å². The SMILES string of the molecule is O=C(Nc1ccc(F)cc1)N1CCC(Oc2ccc(-n3cccn3)nn2)CC1. The summed E-state index contributed by atoms with van der Waals surface area (Å²) in [6, 6.07) is 10.9. The number of hydrogen-bond acceptors (Lipinski definition) is 5. The molecule has 144 valence electrons. The predicted molar refractivity (Wildman–Crippen MR) is 99.8 cm³/mol. The number of aromatic nitrogens is 4. The number of urea groups is 1. The van der Waals surface area contributed by atoms with Crippen molar-refractivity contribution in [2.75, 3.05) is 18.4 Å². The zero-order valence-corrected chi connectivity index (χ0v) is 15.0. The molecule has 1 aliphatic rings. The lowest BCUT2D eigenvalue weighted by atomic mass is 10.1. The Hall–Kier alpha value is -3.49. The fourth-order valence-corrected chi connectivity index (χ4v) is 2.99. The molecule has 0 atom stereocenters. The van der Waals surface area contributed by atoms with Crippen LogP contribution < -0.4 is 10.1 Å². The van der Waals surface area contributed by atoms with Crippen molar-refractivity contribution in [1.29, 1.82) is 0 Å². The summed E-state index contributed by atoms with van der Waals surface area (Å²) in [6.45, 7) is 1.13. The van der Waals surface area contributed by atoms with E-state index in [1.54, 1.807) is 34.1 Å². The Kier molecular flexibility index (Phi) is 5.14. The van der Waals surface area contributed by atoms with Gasteiger partial charge >= 0.3 is 6.03 Å². The van der Waals surface area contributed by atoms with Crippen LogP contribution in [0, 0.1) is 5.82 Å². The number of likely N-dealkylation sites (tertiary alicyclic amines) is 1. The average molecular weight is 382 g/mol. The van der Waals surface area contributed by atoms with Gasteiger partial charge in [-0.15, -0.1) is 10.2 Å². The molecule has 0 radical (unpaired) electrons. The van der Waals surface area contributed by atoms with Gasteiger partial charge < -0.3 is 15.0 Å². The maximum absolute atomic E-state index is 12.9. The second kappa shape index (κ2) is 8.03. The molecule has 0 aliphatic carbocycles. The predicted octanol–water partition coefficient (Wildman–Crippen LogP) is 2.88. The summed E-state index contributed by atoms with van der Waals surface area (Å²) in [5.41, 5.74) is 0.567. The highest BCUT2D eigenvalue weighted by molar-refractivity contribution is 5.89. The number of hydrogen-bond donors (Lipinski definition) is 1. The average Bonchev–Trinajstić information content (AvgIpc) is 3.26. The van der Waals surface area contributed by atoms with Gasteiger partial charge in [0.25, 0.3) is 0 Å². The highest BCUT2D eigenvalue weighted by Crippen LogP contribution is 2.18. The fraction of sp³-hybridized carbons (Fsp3) is 0.263. The highest BCUT2D eigenvalue weighted by Gasteiger charge is 2.24. The van der Waals surface area contributed by atoms with Gasteiger partial charge in [0.05, 0.1) is 0 Å². The first-order valence-electron chi connectivity index (χ1n) is 8.99. The molecule has 9 heteroatoms. The van der Waals surface area contributed by atoms with Gasteiger partial charge in [-0.25, -0.2) is 13.9 Å². The van der Waals surface area contributed by atoms with Crippen LogP contribution in [0.3, 0.4) is 0 Å². The number of carbonyl (C=O) groups is 1. The number of anilines is 1. The number of nitrogens with zero attached hydrogens (tertiary/aromatic N) is 5. The van der Waals surface area contributed by atoms with Crippen molar-refractivity contribution in [2.24, 2.45) is 0 Å². The van der Waals surface area contributed by atoms with Crippen LogP contribution in [0.25, 0.3) is 5.82 Å². The molecular formula is C19H19FN6O2. The zero-order chi connectivity index (χ0) is 19.3.